The average Bonchev–Trinajstić information content (AvgIpc) is 2.41. The molecule has 0 aliphatic heterocycles. The first-order valence-corrected chi connectivity index (χ1v) is 7.20. The molecule has 0 saturated heterocycles. The number of rotatable bonds is 3. The normalized spacial score (nSPS) is 14.2. The zero-order valence-corrected chi connectivity index (χ0v) is 12.7. The first kappa shape index (κ1) is 13.6. The molecule has 2 rings (SSSR count). The van der Waals surface area contributed by atoms with Gasteiger partial charge in [-0.1, -0.05) is 52.7 Å². The largest absolute Gasteiger partial charge is 0.261 e. The number of benzene rings is 1. The Kier molecular flexibility index (Phi) is 4.41. The standard InChI is InChI=1S/C15H15BrClN/c1-10-9-12(6-7-13(10)17)15(16)11(2)14-5-3-4-8-18-14/h3-9,11,15H,1-2H3. The summed E-state index contributed by atoms with van der Waals surface area (Å²) >= 11 is 9.82. The fourth-order valence-electron chi connectivity index (χ4n) is 1.92. The second-order valence-electron chi connectivity index (χ2n) is 4.45. The average molecular weight is 325 g/mol. The summed E-state index contributed by atoms with van der Waals surface area (Å²) in [5.41, 5.74) is 3.42. The van der Waals surface area contributed by atoms with Crippen molar-refractivity contribution >= 4 is 27.5 Å². The van der Waals surface area contributed by atoms with E-state index in [4.69, 9.17) is 11.6 Å². The van der Waals surface area contributed by atoms with Crippen LogP contribution in [0.2, 0.25) is 5.02 Å². The summed E-state index contributed by atoms with van der Waals surface area (Å²) in [5.74, 6) is 0.312. The molecule has 0 N–H and O–H groups in total. The van der Waals surface area contributed by atoms with Gasteiger partial charge < -0.3 is 0 Å². The number of aromatic nitrogens is 1. The third-order valence-corrected chi connectivity index (χ3v) is 4.84. The molecule has 1 heterocycles. The van der Waals surface area contributed by atoms with Crippen molar-refractivity contribution in [2.45, 2.75) is 24.6 Å². The van der Waals surface area contributed by atoms with Crippen LogP contribution in [0.5, 0.6) is 0 Å². The summed E-state index contributed by atoms with van der Waals surface area (Å²) in [5, 5.41) is 0.809. The smallest absolute Gasteiger partial charge is 0.0476 e. The molecular weight excluding hydrogens is 310 g/mol. The summed E-state index contributed by atoms with van der Waals surface area (Å²) in [6, 6.07) is 12.2. The van der Waals surface area contributed by atoms with Gasteiger partial charge in [0.15, 0.2) is 0 Å². The zero-order chi connectivity index (χ0) is 13.1. The Morgan fingerprint density at radius 1 is 1.22 bits per heavy atom. The lowest BCUT2D eigenvalue weighted by Crippen LogP contribution is -2.04. The Morgan fingerprint density at radius 2 is 2.00 bits per heavy atom. The molecule has 2 unspecified atom stereocenters. The van der Waals surface area contributed by atoms with Crippen LogP contribution in [0.1, 0.15) is 34.5 Å². The monoisotopic (exact) mass is 323 g/mol. The van der Waals surface area contributed by atoms with Gasteiger partial charge in [0.05, 0.1) is 0 Å². The second-order valence-corrected chi connectivity index (χ2v) is 5.85. The van der Waals surface area contributed by atoms with Gasteiger partial charge in [0.25, 0.3) is 0 Å². The lowest BCUT2D eigenvalue weighted by molar-refractivity contribution is 0.724. The van der Waals surface area contributed by atoms with E-state index in [9.17, 15) is 0 Å². The number of halogens is 2. The predicted octanol–water partition coefficient (Wildman–Crippen LogP) is 5.28. The maximum atomic E-state index is 6.05. The van der Waals surface area contributed by atoms with E-state index in [0.717, 1.165) is 16.3 Å². The van der Waals surface area contributed by atoms with Gasteiger partial charge in [0.1, 0.15) is 0 Å². The predicted molar refractivity (Wildman–Crippen MR) is 80.5 cm³/mol. The third kappa shape index (κ3) is 2.93. The van der Waals surface area contributed by atoms with Crippen LogP contribution >= 0.6 is 27.5 Å². The highest BCUT2D eigenvalue weighted by atomic mass is 79.9. The van der Waals surface area contributed by atoms with Crippen LogP contribution in [0.15, 0.2) is 42.6 Å². The minimum atomic E-state index is 0.239. The highest BCUT2D eigenvalue weighted by Crippen LogP contribution is 2.37. The number of hydrogen-bond donors (Lipinski definition) is 0. The van der Waals surface area contributed by atoms with Crippen LogP contribution in [0.25, 0.3) is 0 Å². The molecule has 0 saturated carbocycles. The molecule has 1 aromatic carbocycles. The Bertz CT molecular complexity index is 527. The maximum Gasteiger partial charge on any atom is 0.0476 e. The molecule has 3 heteroatoms. The maximum absolute atomic E-state index is 6.05. The van der Waals surface area contributed by atoms with Crippen molar-refractivity contribution in [2.24, 2.45) is 0 Å². The van der Waals surface area contributed by atoms with Crippen LogP contribution < -0.4 is 0 Å². The molecule has 2 atom stereocenters. The molecule has 0 amide bonds. The van der Waals surface area contributed by atoms with Crippen molar-refractivity contribution in [1.29, 1.82) is 0 Å². The number of alkyl halides is 1. The third-order valence-electron chi connectivity index (χ3n) is 3.09. The molecular formula is C15H15BrClN. The summed E-state index contributed by atoms with van der Waals surface area (Å²) in [7, 11) is 0. The van der Waals surface area contributed by atoms with Crippen molar-refractivity contribution in [3.05, 3.63) is 64.4 Å². The molecule has 0 fully saturated rings. The van der Waals surface area contributed by atoms with Crippen molar-refractivity contribution in [1.82, 2.24) is 4.98 Å². The van der Waals surface area contributed by atoms with E-state index in [0.29, 0.717) is 5.92 Å². The Hall–Kier alpha value is -0.860. The number of aryl methyl sites for hydroxylation is 1. The molecule has 0 aliphatic carbocycles. The number of nitrogens with zero attached hydrogens (tertiary/aromatic N) is 1. The SMILES string of the molecule is Cc1cc(C(Br)C(C)c2ccccn2)ccc1Cl. The van der Waals surface area contributed by atoms with Gasteiger partial charge in [-0.3, -0.25) is 4.98 Å². The molecule has 0 spiro atoms. The molecule has 18 heavy (non-hydrogen) atoms. The van der Waals surface area contributed by atoms with Gasteiger partial charge in [-0.2, -0.15) is 0 Å². The first-order valence-electron chi connectivity index (χ1n) is 5.90. The Labute approximate surface area is 121 Å². The second kappa shape index (κ2) is 5.85. The lowest BCUT2D eigenvalue weighted by Gasteiger charge is -2.19. The van der Waals surface area contributed by atoms with Gasteiger partial charge >= 0.3 is 0 Å². The number of pyridine rings is 1. The highest BCUT2D eigenvalue weighted by molar-refractivity contribution is 9.09. The number of hydrogen-bond acceptors (Lipinski definition) is 1. The van der Waals surface area contributed by atoms with E-state index in [2.05, 4.69) is 46.0 Å². The van der Waals surface area contributed by atoms with E-state index in [-0.39, 0.29) is 4.83 Å². The van der Waals surface area contributed by atoms with E-state index < -0.39 is 0 Å². The van der Waals surface area contributed by atoms with Gasteiger partial charge in [0, 0.05) is 27.7 Å². The van der Waals surface area contributed by atoms with E-state index >= 15 is 0 Å². The minimum Gasteiger partial charge on any atom is -0.261 e. The fraction of sp³-hybridized carbons (Fsp3) is 0.267. The zero-order valence-electron chi connectivity index (χ0n) is 10.4. The van der Waals surface area contributed by atoms with Crippen LogP contribution in [0, 0.1) is 6.92 Å². The van der Waals surface area contributed by atoms with Crippen molar-refractivity contribution in [2.75, 3.05) is 0 Å². The van der Waals surface area contributed by atoms with Crippen LogP contribution in [-0.2, 0) is 0 Å². The molecule has 1 aromatic heterocycles. The van der Waals surface area contributed by atoms with Gasteiger partial charge in [-0.15, -0.1) is 0 Å². The topological polar surface area (TPSA) is 12.9 Å². The summed E-state index contributed by atoms with van der Waals surface area (Å²) in [6.07, 6.45) is 1.83. The summed E-state index contributed by atoms with van der Waals surface area (Å²) < 4.78 is 0. The molecule has 0 aliphatic rings. The molecule has 94 valence electrons. The van der Waals surface area contributed by atoms with Gasteiger partial charge in [-0.05, 0) is 36.2 Å². The lowest BCUT2D eigenvalue weighted by atomic mass is 9.96. The van der Waals surface area contributed by atoms with Crippen LogP contribution in [0.3, 0.4) is 0 Å². The first-order chi connectivity index (χ1) is 8.59. The molecule has 2 aromatic rings. The van der Waals surface area contributed by atoms with Gasteiger partial charge in [-0.25, -0.2) is 0 Å². The van der Waals surface area contributed by atoms with Crippen molar-refractivity contribution in [3.8, 4) is 0 Å². The summed E-state index contributed by atoms with van der Waals surface area (Å²) in [6.45, 7) is 4.20. The molecule has 1 nitrogen and oxygen atoms in total. The Balaban J connectivity index is 2.25. The van der Waals surface area contributed by atoms with Crippen molar-refractivity contribution in [3.63, 3.8) is 0 Å². The highest BCUT2D eigenvalue weighted by Gasteiger charge is 2.19. The molecule has 0 bridgehead atoms. The quantitative estimate of drug-likeness (QED) is 0.700. The van der Waals surface area contributed by atoms with E-state index in [1.807, 2.05) is 31.3 Å². The fourth-order valence-corrected chi connectivity index (χ4v) is 2.60. The van der Waals surface area contributed by atoms with Crippen molar-refractivity contribution < 1.29 is 0 Å². The van der Waals surface area contributed by atoms with Crippen LogP contribution in [0.4, 0.5) is 0 Å². The minimum absolute atomic E-state index is 0.239. The van der Waals surface area contributed by atoms with Gasteiger partial charge in [0.2, 0.25) is 0 Å². The van der Waals surface area contributed by atoms with Crippen LogP contribution in [-0.4, -0.2) is 4.98 Å². The van der Waals surface area contributed by atoms with E-state index in [1.165, 1.54) is 5.56 Å². The Morgan fingerprint density at radius 3 is 2.61 bits per heavy atom. The molecule has 0 radical (unpaired) electrons. The van der Waals surface area contributed by atoms with E-state index in [1.54, 1.807) is 0 Å². The summed E-state index contributed by atoms with van der Waals surface area (Å²) in [4.78, 5) is 4.65.